The fourth-order valence-corrected chi connectivity index (χ4v) is 2.55. The second kappa shape index (κ2) is 8.29. The quantitative estimate of drug-likeness (QED) is 0.642. The fourth-order valence-electron chi connectivity index (χ4n) is 2.55. The van der Waals surface area contributed by atoms with Gasteiger partial charge in [-0.05, 0) is 44.2 Å². The van der Waals surface area contributed by atoms with Gasteiger partial charge in [0.15, 0.2) is 6.61 Å². The topological polar surface area (TPSA) is 84.5 Å². The summed E-state index contributed by atoms with van der Waals surface area (Å²) in [6.45, 7) is 3.36. The maximum Gasteiger partial charge on any atom is 0.325 e. The minimum atomic E-state index is -0.660. The molecule has 0 aromatic heterocycles. The number of hydrogen-bond donors (Lipinski definition) is 2. The van der Waals surface area contributed by atoms with Crippen LogP contribution in [-0.2, 0) is 14.3 Å². The summed E-state index contributed by atoms with van der Waals surface area (Å²) in [5, 5.41) is 4.73. The van der Waals surface area contributed by atoms with Gasteiger partial charge in [-0.3, -0.25) is 14.9 Å². The molecule has 0 radical (unpaired) electrons. The molecule has 1 atom stereocenters. The first kappa shape index (κ1) is 17.7. The number of hydrogen-bond acceptors (Lipinski definition) is 4. The van der Waals surface area contributed by atoms with E-state index in [9.17, 15) is 14.4 Å². The van der Waals surface area contributed by atoms with Gasteiger partial charge in [0.05, 0.1) is 6.42 Å². The Bertz CT molecular complexity index is 667. The lowest BCUT2D eigenvalue weighted by molar-refractivity contribution is -0.148. The van der Waals surface area contributed by atoms with Crippen molar-refractivity contribution in [2.75, 3.05) is 11.9 Å². The van der Waals surface area contributed by atoms with Crippen molar-refractivity contribution in [1.29, 1.82) is 0 Å². The molecule has 0 bridgehead atoms. The highest BCUT2D eigenvalue weighted by Crippen LogP contribution is 2.20. The number of esters is 1. The third kappa shape index (κ3) is 5.53. The Kier molecular flexibility index (Phi) is 6.12. The minimum absolute atomic E-state index is 0.188. The number of benzene rings is 1. The van der Waals surface area contributed by atoms with Crippen LogP contribution in [0.3, 0.4) is 0 Å². The van der Waals surface area contributed by atoms with Crippen LogP contribution in [0.4, 0.5) is 10.5 Å². The van der Waals surface area contributed by atoms with Crippen LogP contribution in [0.5, 0.6) is 0 Å². The van der Waals surface area contributed by atoms with E-state index in [1.54, 1.807) is 6.07 Å². The first-order valence-electron chi connectivity index (χ1n) is 7.94. The van der Waals surface area contributed by atoms with E-state index >= 15 is 0 Å². The van der Waals surface area contributed by atoms with Crippen LogP contribution in [0.1, 0.15) is 30.4 Å². The van der Waals surface area contributed by atoms with Crippen LogP contribution in [0, 0.1) is 19.8 Å². The molecule has 128 valence electrons. The Morgan fingerprint density at radius 2 is 2.04 bits per heavy atom. The Hall–Kier alpha value is -2.63. The predicted octanol–water partition coefficient (Wildman–Crippen LogP) is 2.85. The molecule has 0 saturated heterocycles. The Morgan fingerprint density at radius 3 is 2.71 bits per heavy atom. The van der Waals surface area contributed by atoms with Gasteiger partial charge in [0.25, 0.3) is 5.91 Å². The van der Waals surface area contributed by atoms with E-state index in [4.69, 9.17) is 4.74 Å². The smallest absolute Gasteiger partial charge is 0.325 e. The summed E-state index contributed by atoms with van der Waals surface area (Å²) < 4.78 is 4.89. The van der Waals surface area contributed by atoms with Crippen molar-refractivity contribution in [3.05, 3.63) is 41.5 Å². The molecule has 1 aromatic carbocycles. The van der Waals surface area contributed by atoms with Gasteiger partial charge in [-0.2, -0.15) is 0 Å². The zero-order valence-electron chi connectivity index (χ0n) is 13.9. The minimum Gasteiger partial charge on any atom is -0.456 e. The van der Waals surface area contributed by atoms with Gasteiger partial charge in [0.1, 0.15) is 0 Å². The molecule has 1 aliphatic carbocycles. The van der Waals surface area contributed by atoms with Crippen LogP contribution in [0.25, 0.3) is 0 Å². The summed E-state index contributed by atoms with van der Waals surface area (Å²) in [6, 6.07) is 4.91. The van der Waals surface area contributed by atoms with Crippen LogP contribution in [0.15, 0.2) is 30.4 Å². The number of aryl methyl sites for hydroxylation is 2. The summed E-state index contributed by atoms with van der Waals surface area (Å²) in [4.78, 5) is 35.1. The highest BCUT2D eigenvalue weighted by atomic mass is 16.5. The van der Waals surface area contributed by atoms with Crippen molar-refractivity contribution in [3.8, 4) is 0 Å². The molecule has 24 heavy (non-hydrogen) atoms. The summed E-state index contributed by atoms with van der Waals surface area (Å²) in [6.07, 6.45) is 6.18. The second-order valence-electron chi connectivity index (χ2n) is 5.95. The molecule has 0 heterocycles. The number of nitrogens with one attached hydrogen (secondary N) is 2. The van der Waals surface area contributed by atoms with E-state index in [1.807, 2.05) is 38.1 Å². The molecule has 1 aliphatic rings. The lowest BCUT2D eigenvalue weighted by Gasteiger charge is -2.10. The number of imide groups is 1. The largest absolute Gasteiger partial charge is 0.456 e. The van der Waals surface area contributed by atoms with Crippen molar-refractivity contribution >= 4 is 23.6 Å². The molecule has 2 rings (SSSR count). The summed E-state index contributed by atoms with van der Waals surface area (Å²) in [5.41, 5.74) is 2.60. The Morgan fingerprint density at radius 1 is 1.25 bits per heavy atom. The molecule has 6 nitrogen and oxygen atoms in total. The van der Waals surface area contributed by atoms with Crippen molar-refractivity contribution < 1.29 is 19.1 Å². The average Bonchev–Trinajstić information content (AvgIpc) is 3.01. The molecule has 0 fully saturated rings. The lowest BCUT2D eigenvalue weighted by Crippen LogP contribution is -2.37. The lowest BCUT2D eigenvalue weighted by atomic mass is 10.1. The highest BCUT2D eigenvalue weighted by molar-refractivity contribution is 6.02. The monoisotopic (exact) mass is 330 g/mol. The van der Waals surface area contributed by atoms with Gasteiger partial charge in [-0.15, -0.1) is 0 Å². The Labute approximate surface area is 141 Å². The number of allylic oxidation sites excluding steroid dienone is 2. The summed E-state index contributed by atoms with van der Waals surface area (Å²) in [5.74, 6) is -0.905. The van der Waals surface area contributed by atoms with E-state index in [0.29, 0.717) is 5.69 Å². The van der Waals surface area contributed by atoms with E-state index < -0.39 is 24.5 Å². The molecule has 0 spiro atoms. The number of anilines is 1. The van der Waals surface area contributed by atoms with Crippen molar-refractivity contribution in [2.45, 2.75) is 33.1 Å². The summed E-state index contributed by atoms with van der Waals surface area (Å²) >= 11 is 0. The van der Waals surface area contributed by atoms with E-state index in [-0.39, 0.29) is 12.3 Å². The van der Waals surface area contributed by atoms with Gasteiger partial charge in [0.2, 0.25) is 0 Å². The SMILES string of the molecule is Cc1ccc(NC(=O)NC(=O)COC(=O)C[C@@H]2C=CCC2)c(C)c1. The van der Waals surface area contributed by atoms with Gasteiger partial charge in [-0.25, -0.2) is 4.79 Å². The zero-order chi connectivity index (χ0) is 17.5. The van der Waals surface area contributed by atoms with Crippen LogP contribution in [0.2, 0.25) is 0 Å². The van der Waals surface area contributed by atoms with E-state index in [0.717, 1.165) is 24.0 Å². The summed E-state index contributed by atoms with van der Waals surface area (Å²) in [7, 11) is 0. The third-order valence-corrected chi connectivity index (χ3v) is 3.79. The molecule has 1 aromatic rings. The van der Waals surface area contributed by atoms with Gasteiger partial charge in [-0.1, -0.05) is 29.8 Å². The molecular formula is C18H22N2O4. The third-order valence-electron chi connectivity index (χ3n) is 3.79. The number of ether oxygens (including phenoxy) is 1. The molecule has 3 amide bonds. The van der Waals surface area contributed by atoms with Gasteiger partial charge >= 0.3 is 12.0 Å². The van der Waals surface area contributed by atoms with Crippen molar-refractivity contribution in [1.82, 2.24) is 5.32 Å². The molecule has 6 heteroatoms. The van der Waals surface area contributed by atoms with Crippen LogP contribution >= 0.6 is 0 Å². The number of amides is 3. The maximum atomic E-state index is 11.8. The normalized spacial score (nSPS) is 15.8. The number of rotatable bonds is 5. The van der Waals surface area contributed by atoms with Crippen LogP contribution < -0.4 is 10.6 Å². The molecule has 0 unspecified atom stereocenters. The average molecular weight is 330 g/mol. The number of urea groups is 1. The van der Waals surface area contributed by atoms with Crippen molar-refractivity contribution in [2.24, 2.45) is 5.92 Å². The van der Waals surface area contributed by atoms with Crippen molar-refractivity contribution in [3.63, 3.8) is 0 Å². The number of carbonyl (C=O) groups is 3. The first-order valence-corrected chi connectivity index (χ1v) is 7.94. The molecule has 2 N–H and O–H groups in total. The van der Waals surface area contributed by atoms with E-state index in [2.05, 4.69) is 10.6 Å². The first-order chi connectivity index (χ1) is 11.4. The van der Waals surface area contributed by atoms with E-state index in [1.165, 1.54) is 0 Å². The molecule has 0 aliphatic heterocycles. The number of carbonyl (C=O) groups excluding carboxylic acids is 3. The molecule has 0 saturated carbocycles. The van der Waals surface area contributed by atoms with Gasteiger partial charge < -0.3 is 10.1 Å². The second-order valence-corrected chi connectivity index (χ2v) is 5.95. The maximum absolute atomic E-state index is 11.8. The Balaban J connectivity index is 1.72. The zero-order valence-corrected chi connectivity index (χ0v) is 13.9. The van der Waals surface area contributed by atoms with Crippen LogP contribution in [-0.4, -0.2) is 24.5 Å². The standard InChI is InChI=1S/C18H22N2O4/c1-12-7-8-15(13(2)9-12)19-18(23)20-16(21)11-24-17(22)10-14-5-3-4-6-14/h3,5,7-9,14H,4,6,10-11H2,1-2H3,(H2,19,20,21,23)/t14-/m1/s1. The highest BCUT2D eigenvalue weighted by Gasteiger charge is 2.16. The van der Waals surface area contributed by atoms with Gasteiger partial charge in [0, 0.05) is 5.69 Å². The molecular weight excluding hydrogens is 308 g/mol. The predicted molar refractivity (Wildman–Crippen MR) is 90.5 cm³/mol. The fraction of sp³-hybridized carbons (Fsp3) is 0.389.